The van der Waals surface area contributed by atoms with Crippen LogP contribution < -0.4 is 0 Å². The molecule has 0 spiro atoms. The van der Waals surface area contributed by atoms with Gasteiger partial charge in [0.15, 0.2) is 0 Å². The molecule has 0 aliphatic rings. The van der Waals surface area contributed by atoms with Gasteiger partial charge in [-0.3, -0.25) is 0 Å². The summed E-state index contributed by atoms with van der Waals surface area (Å²) in [7, 11) is 0. The van der Waals surface area contributed by atoms with Crippen molar-refractivity contribution in [3.05, 3.63) is 156 Å². The van der Waals surface area contributed by atoms with Crippen LogP contribution in [0.3, 0.4) is 0 Å². The Hall–Kier alpha value is -5.20. The summed E-state index contributed by atoms with van der Waals surface area (Å²) in [6.07, 6.45) is 0. The van der Waals surface area contributed by atoms with Crippen molar-refractivity contribution in [2.24, 2.45) is 0 Å². The second-order valence-corrected chi connectivity index (χ2v) is 12.0. The lowest BCUT2D eigenvalue weighted by molar-refractivity contribution is 1.49. The first-order valence-electron chi connectivity index (χ1n) is 15.1. The fourth-order valence-corrected chi connectivity index (χ4v) is 6.76. The molecular weight excluding hydrogens is 516 g/mol. The first-order valence-corrected chi connectivity index (χ1v) is 15.1. The molecule has 8 aromatic rings. The van der Waals surface area contributed by atoms with E-state index in [1.807, 2.05) is 0 Å². The maximum Gasteiger partial charge on any atom is -0.00964 e. The molecule has 0 heterocycles. The quantitative estimate of drug-likeness (QED) is 0.193. The van der Waals surface area contributed by atoms with Gasteiger partial charge in [-0.25, -0.2) is 0 Å². The summed E-state index contributed by atoms with van der Waals surface area (Å²) in [5.41, 5.74) is 11.4. The van der Waals surface area contributed by atoms with Crippen molar-refractivity contribution in [2.45, 2.75) is 20.8 Å². The van der Waals surface area contributed by atoms with Gasteiger partial charge in [0.1, 0.15) is 0 Å². The smallest absolute Gasteiger partial charge is 0.00964 e. The van der Waals surface area contributed by atoms with E-state index in [4.69, 9.17) is 0 Å². The molecule has 0 amide bonds. The zero-order chi connectivity index (χ0) is 29.1. The predicted molar refractivity (Wildman–Crippen MR) is 187 cm³/mol. The van der Waals surface area contributed by atoms with Gasteiger partial charge in [0.2, 0.25) is 0 Å². The minimum atomic E-state index is 1.23. The fraction of sp³-hybridized carbons (Fsp3) is 0.0698. The molecule has 8 aromatic carbocycles. The van der Waals surface area contributed by atoms with E-state index < -0.39 is 0 Å². The van der Waals surface area contributed by atoms with E-state index in [1.165, 1.54) is 93.2 Å². The van der Waals surface area contributed by atoms with Gasteiger partial charge in [-0.05, 0) is 109 Å². The van der Waals surface area contributed by atoms with Crippen LogP contribution in [0, 0.1) is 20.8 Å². The van der Waals surface area contributed by atoms with Crippen molar-refractivity contribution >= 4 is 43.1 Å². The van der Waals surface area contributed by atoms with Crippen LogP contribution in [-0.4, -0.2) is 0 Å². The van der Waals surface area contributed by atoms with Crippen molar-refractivity contribution in [2.75, 3.05) is 0 Å². The highest BCUT2D eigenvalue weighted by Crippen LogP contribution is 2.38. The molecule has 0 bridgehead atoms. The van der Waals surface area contributed by atoms with Crippen molar-refractivity contribution in [3.63, 3.8) is 0 Å². The largest absolute Gasteiger partial charge is 0.0616 e. The summed E-state index contributed by atoms with van der Waals surface area (Å²) in [5, 5.41) is 10.5. The lowest BCUT2D eigenvalue weighted by Gasteiger charge is -2.14. The topological polar surface area (TPSA) is 0 Å². The van der Waals surface area contributed by atoms with E-state index in [1.54, 1.807) is 0 Å². The fourth-order valence-electron chi connectivity index (χ4n) is 6.76. The molecule has 43 heavy (non-hydrogen) atoms. The highest BCUT2D eigenvalue weighted by atomic mass is 14.2. The number of benzene rings is 8. The summed E-state index contributed by atoms with van der Waals surface area (Å²) in [6.45, 7) is 6.52. The van der Waals surface area contributed by atoms with Crippen LogP contribution in [0.2, 0.25) is 0 Å². The Bertz CT molecular complexity index is 2340. The van der Waals surface area contributed by atoms with Gasteiger partial charge in [0.25, 0.3) is 0 Å². The summed E-state index contributed by atoms with van der Waals surface area (Å²) < 4.78 is 0. The molecule has 0 fully saturated rings. The molecule has 0 heteroatoms. The average Bonchev–Trinajstić information content (AvgIpc) is 3.04. The van der Waals surface area contributed by atoms with Crippen molar-refractivity contribution in [3.8, 4) is 33.4 Å². The first kappa shape index (κ1) is 25.5. The minimum Gasteiger partial charge on any atom is -0.0616 e. The maximum absolute atomic E-state index is 2.35. The van der Waals surface area contributed by atoms with Crippen LogP contribution in [0.15, 0.2) is 140 Å². The van der Waals surface area contributed by atoms with E-state index in [9.17, 15) is 0 Å². The molecule has 204 valence electrons. The molecule has 0 N–H and O–H groups in total. The number of hydrogen-bond acceptors (Lipinski definition) is 0. The van der Waals surface area contributed by atoms with Gasteiger partial charge in [-0.1, -0.05) is 144 Å². The van der Waals surface area contributed by atoms with Gasteiger partial charge in [-0.15, -0.1) is 0 Å². The second-order valence-electron chi connectivity index (χ2n) is 12.0. The van der Waals surface area contributed by atoms with E-state index in [0.29, 0.717) is 0 Å². The zero-order valence-electron chi connectivity index (χ0n) is 24.8. The van der Waals surface area contributed by atoms with Crippen LogP contribution >= 0.6 is 0 Å². The Balaban J connectivity index is 1.18. The Morgan fingerprint density at radius 2 is 0.698 bits per heavy atom. The Labute approximate surface area is 252 Å². The summed E-state index contributed by atoms with van der Waals surface area (Å²) >= 11 is 0. The summed E-state index contributed by atoms with van der Waals surface area (Å²) in [5.74, 6) is 0. The Kier molecular flexibility index (Phi) is 5.91. The van der Waals surface area contributed by atoms with E-state index in [0.717, 1.165) is 0 Å². The summed E-state index contributed by atoms with van der Waals surface area (Å²) in [4.78, 5) is 0. The Morgan fingerprint density at radius 1 is 0.279 bits per heavy atom. The molecule has 0 saturated heterocycles. The standard InChI is InChI=1S/C43H32/c1-27-8-11-35-26-41(38-21-10-29(3)24-43(38)39(35)22-27)33-18-14-31(15-19-33)30-12-16-32(17-13-30)40-25-34-6-4-5-7-36(34)42-23-28(2)9-20-37(40)42/h4-26H,1-3H3. The summed E-state index contributed by atoms with van der Waals surface area (Å²) in [6, 6.07) is 52.0. The third-order valence-corrected chi connectivity index (χ3v) is 9.01. The molecule has 0 radical (unpaired) electrons. The normalized spacial score (nSPS) is 11.6. The monoisotopic (exact) mass is 548 g/mol. The van der Waals surface area contributed by atoms with Gasteiger partial charge >= 0.3 is 0 Å². The molecule has 0 atom stereocenters. The van der Waals surface area contributed by atoms with Gasteiger partial charge in [0, 0.05) is 0 Å². The molecule has 0 saturated carbocycles. The lowest BCUT2D eigenvalue weighted by Crippen LogP contribution is -1.88. The molecular formula is C43H32. The van der Waals surface area contributed by atoms with Gasteiger partial charge in [-0.2, -0.15) is 0 Å². The number of rotatable bonds is 3. The average molecular weight is 549 g/mol. The molecule has 0 aliphatic heterocycles. The second kappa shape index (κ2) is 9.96. The number of hydrogen-bond donors (Lipinski definition) is 0. The molecule has 0 nitrogen and oxygen atoms in total. The maximum atomic E-state index is 2.35. The third-order valence-electron chi connectivity index (χ3n) is 9.01. The number of aryl methyl sites for hydroxylation is 3. The minimum absolute atomic E-state index is 1.23. The first-order chi connectivity index (χ1) is 21.0. The van der Waals surface area contributed by atoms with Crippen molar-refractivity contribution in [1.82, 2.24) is 0 Å². The van der Waals surface area contributed by atoms with E-state index >= 15 is 0 Å². The SMILES string of the molecule is Cc1ccc2cc(-c3ccc(-c4ccc(-c5cc6ccccc6c6cc(C)ccc56)cc4)cc3)c3ccc(C)cc3c2c1. The third kappa shape index (κ3) is 4.39. The van der Waals surface area contributed by atoms with Crippen LogP contribution in [0.25, 0.3) is 76.5 Å². The highest BCUT2D eigenvalue weighted by molar-refractivity contribution is 6.15. The van der Waals surface area contributed by atoms with Gasteiger partial charge < -0.3 is 0 Å². The van der Waals surface area contributed by atoms with Crippen LogP contribution in [0.1, 0.15) is 16.7 Å². The highest BCUT2D eigenvalue weighted by Gasteiger charge is 2.12. The van der Waals surface area contributed by atoms with E-state index in [-0.39, 0.29) is 0 Å². The lowest BCUT2D eigenvalue weighted by atomic mass is 9.90. The Morgan fingerprint density at radius 3 is 1.26 bits per heavy atom. The van der Waals surface area contributed by atoms with Gasteiger partial charge in [0.05, 0.1) is 0 Å². The zero-order valence-corrected chi connectivity index (χ0v) is 24.8. The molecule has 8 rings (SSSR count). The van der Waals surface area contributed by atoms with Crippen molar-refractivity contribution < 1.29 is 0 Å². The van der Waals surface area contributed by atoms with Crippen molar-refractivity contribution in [1.29, 1.82) is 0 Å². The van der Waals surface area contributed by atoms with E-state index in [2.05, 4.69) is 160 Å². The predicted octanol–water partition coefficient (Wildman–Crippen LogP) is 12.2. The van der Waals surface area contributed by atoms with Crippen LogP contribution in [0.5, 0.6) is 0 Å². The number of fused-ring (bicyclic) bond motifs is 6. The molecule has 0 aliphatic carbocycles. The van der Waals surface area contributed by atoms with Crippen LogP contribution in [-0.2, 0) is 0 Å². The van der Waals surface area contributed by atoms with Crippen LogP contribution in [0.4, 0.5) is 0 Å². The molecule has 0 unspecified atom stereocenters. The molecule has 0 aromatic heterocycles.